The van der Waals surface area contributed by atoms with E-state index in [0.29, 0.717) is 6.04 Å². The Morgan fingerprint density at radius 1 is 1.60 bits per heavy atom. The highest BCUT2D eigenvalue weighted by Crippen LogP contribution is 2.14. The van der Waals surface area contributed by atoms with Crippen molar-refractivity contribution in [3.63, 3.8) is 0 Å². The highest BCUT2D eigenvalue weighted by atomic mass is 15.2. The summed E-state index contributed by atoms with van der Waals surface area (Å²) in [4.78, 5) is 1.96. The summed E-state index contributed by atoms with van der Waals surface area (Å²) in [5.41, 5.74) is 5.37. The van der Waals surface area contributed by atoms with Gasteiger partial charge in [-0.05, 0) is 26.2 Å². The molecule has 3 heteroatoms. The Morgan fingerprint density at radius 3 is 2.70 bits per heavy atom. The van der Waals surface area contributed by atoms with Crippen LogP contribution in [0.15, 0.2) is 0 Å². The average molecular weight is 141 g/mol. The number of hydrogen-bond donors (Lipinski definition) is 2. The van der Waals surface area contributed by atoms with Gasteiger partial charge in [0.2, 0.25) is 0 Å². The minimum atomic E-state index is 0.229. The first kappa shape index (κ1) is 7.38. The lowest BCUT2D eigenvalue weighted by Crippen LogP contribution is -2.45. The smallest absolute Gasteiger partial charge is 0.188 e. The van der Waals surface area contributed by atoms with Crippen LogP contribution in [0.4, 0.5) is 0 Å². The number of guanidine groups is 1. The lowest BCUT2D eigenvalue weighted by molar-refractivity contribution is 0.254. The predicted octanol–water partition coefficient (Wildman–Crippen LogP) is 0.754. The fourth-order valence-electron chi connectivity index (χ4n) is 1.46. The third kappa shape index (κ3) is 1.40. The van der Waals surface area contributed by atoms with Gasteiger partial charge in [0.05, 0.1) is 0 Å². The molecule has 0 amide bonds. The van der Waals surface area contributed by atoms with E-state index >= 15 is 0 Å². The molecule has 1 aliphatic rings. The molecule has 1 aliphatic heterocycles. The normalized spacial score (nSPS) is 26.5. The summed E-state index contributed by atoms with van der Waals surface area (Å²) in [7, 11) is 0. The molecule has 1 fully saturated rings. The lowest BCUT2D eigenvalue weighted by Gasteiger charge is -2.33. The Kier molecular flexibility index (Phi) is 2.14. The third-order valence-corrected chi connectivity index (χ3v) is 2.11. The summed E-state index contributed by atoms with van der Waals surface area (Å²) in [5.74, 6) is 0.229. The first-order valence-corrected chi connectivity index (χ1v) is 3.82. The molecule has 58 valence electrons. The highest BCUT2D eigenvalue weighted by molar-refractivity contribution is 5.74. The van der Waals surface area contributed by atoms with E-state index in [9.17, 15) is 0 Å². The molecule has 0 aromatic rings. The Bertz CT molecular complexity index is 133. The van der Waals surface area contributed by atoms with Gasteiger partial charge in [-0.25, -0.2) is 0 Å². The van der Waals surface area contributed by atoms with Crippen molar-refractivity contribution >= 4 is 5.96 Å². The van der Waals surface area contributed by atoms with Crippen molar-refractivity contribution in [1.82, 2.24) is 4.90 Å². The number of likely N-dealkylation sites (tertiary alicyclic amines) is 1. The zero-order valence-corrected chi connectivity index (χ0v) is 6.43. The van der Waals surface area contributed by atoms with Gasteiger partial charge in [-0.15, -0.1) is 0 Å². The molecule has 1 rings (SSSR count). The first-order chi connectivity index (χ1) is 4.72. The summed E-state index contributed by atoms with van der Waals surface area (Å²) in [5, 5.41) is 7.22. The zero-order chi connectivity index (χ0) is 7.56. The maximum Gasteiger partial charge on any atom is 0.188 e. The lowest BCUT2D eigenvalue weighted by atomic mass is 10.0. The fraction of sp³-hybridized carbons (Fsp3) is 0.857. The average Bonchev–Trinajstić information content (AvgIpc) is 1.88. The summed E-state index contributed by atoms with van der Waals surface area (Å²) >= 11 is 0. The van der Waals surface area contributed by atoms with E-state index < -0.39 is 0 Å². The Morgan fingerprint density at radius 2 is 2.30 bits per heavy atom. The second-order valence-electron chi connectivity index (χ2n) is 2.92. The van der Waals surface area contributed by atoms with Gasteiger partial charge in [-0.1, -0.05) is 0 Å². The molecule has 0 saturated carbocycles. The van der Waals surface area contributed by atoms with Crippen molar-refractivity contribution in [2.24, 2.45) is 5.73 Å². The molecule has 10 heavy (non-hydrogen) atoms. The molecule has 0 radical (unpaired) electrons. The van der Waals surface area contributed by atoms with Crippen molar-refractivity contribution in [1.29, 1.82) is 5.41 Å². The topological polar surface area (TPSA) is 53.1 Å². The van der Waals surface area contributed by atoms with E-state index in [1.165, 1.54) is 19.3 Å². The minimum Gasteiger partial charge on any atom is -0.370 e. The van der Waals surface area contributed by atoms with E-state index in [-0.39, 0.29) is 5.96 Å². The van der Waals surface area contributed by atoms with Gasteiger partial charge in [-0.3, -0.25) is 5.41 Å². The van der Waals surface area contributed by atoms with Crippen LogP contribution in [0.1, 0.15) is 26.2 Å². The number of hydrogen-bond acceptors (Lipinski definition) is 1. The molecular formula is C7H15N3. The maximum atomic E-state index is 7.22. The molecule has 0 aromatic carbocycles. The van der Waals surface area contributed by atoms with Crippen molar-refractivity contribution in [3.8, 4) is 0 Å². The zero-order valence-electron chi connectivity index (χ0n) is 6.43. The quantitative estimate of drug-likeness (QED) is 0.386. The maximum absolute atomic E-state index is 7.22. The van der Waals surface area contributed by atoms with Crippen LogP contribution in [-0.2, 0) is 0 Å². The SMILES string of the molecule is CC1CCCCN1C(=N)N. The first-order valence-electron chi connectivity index (χ1n) is 3.82. The van der Waals surface area contributed by atoms with Crippen LogP contribution in [0.25, 0.3) is 0 Å². The fourth-order valence-corrected chi connectivity index (χ4v) is 1.46. The van der Waals surface area contributed by atoms with Crippen LogP contribution in [0, 0.1) is 5.41 Å². The molecule has 0 aliphatic carbocycles. The summed E-state index contributed by atoms with van der Waals surface area (Å²) in [6.07, 6.45) is 3.65. The van der Waals surface area contributed by atoms with Gasteiger partial charge in [0.25, 0.3) is 0 Å². The number of nitrogens with one attached hydrogen (secondary N) is 1. The van der Waals surface area contributed by atoms with Crippen molar-refractivity contribution in [3.05, 3.63) is 0 Å². The van der Waals surface area contributed by atoms with Crippen LogP contribution in [-0.4, -0.2) is 23.4 Å². The van der Waals surface area contributed by atoms with Gasteiger partial charge in [0, 0.05) is 12.6 Å². The molecule has 1 saturated heterocycles. The van der Waals surface area contributed by atoms with Gasteiger partial charge >= 0.3 is 0 Å². The Balaban J connectivity index is 2.47. The molecule has 3 N–H and O–H groups in total. The number of nitrogens with two attached hydrogens (primary N) is 1. The van der Waals surface area contributed by atoms with Crippen LogP contribution >= 0.6 is 0 Å². The molecule has 1 atom stereocenters. The van der Waals surface area contributed by atoms with Gasteiger partial charge in [0.1, 0.15) is 0 Å². The highest BCUT2D eigenvalue weighted by Gasteiger charge is 2.18. The standard InChI is InChI=1S/C7H15N3/c1-6-4-2-3-5-10(6)7(8)9/h6H,2-5H2,1H3,(H3,8,9). The molecule has 0 spiro atoms. The van der Waals surface area contributed by atoms with E-state index in [1.54, 1.807) is 0 Å². The van der Waals surface area contributed by atoms with E-state index in [0.717, 1.165) is 6.54 Å². The van der Waals surface area contributed by atoms with Gasteiger partial charge in [-0.2, -0.15) is 0 Å². The predicted molar refractivity (Wildman–Crippen MR) is 41.9 cm³/mol. The number of nitrogens with zero attached hydrogens (tertiary/aromatic N) is 1. The van der Waals surface area contributed by atoms with Crippen molar-refractivity contribution < 1.29 is 0 Å². The Labute approximate surface area is 61.7 Å². The third-order valence-electron chi connectivity index (χ3n) is 2.11. The van der Waals surface area contributed by atoms with Crippen molar-refractivity contribution in [2.45, 2.75) is 32.2 Å². The molecule has 0 bridgehead atoms. The van der Waals surface area contributed by atoms with Crippen molar-refractivity contribution in [2.75, 3.05) is 6.54 Å². The molecule has 0 aromatic heterocycles. The minimum absolute atomic E-state index is 0.229. The Hall–Kier alpha value is -0.730. The van der Waals surface area contributed by atoms with E-state index in [1.807, 2.05) is 4.90 Å². The second kappa shape index (κ2) is 2.90. The summed E-state index contributed by atoms with van der Waals surface area (Å²) in [6, 6.07) is 0.478. The molecule has 1 unspecified atom stereocenters. The number of piperidine rings is 1. The van der Waals surface area contributed by atoms with Gasteiger partial charge < -0.3 is 10.6 Å². The molecular weight excluding hydrogens is 126 g/mol. The largest absolute Gasteiger partial charge is 0.370 e. The van der Waals surface area contributed by atoms with Gasteiger partial charge in [0.15, 0.2) is 5.96 Å². The van der Waals surface area contributed by atoms with E-state index in [4.69, 9.17) is 11.1 Å². The summed E-state index contributed by atoms with van der Waals surface area (Å²) in [6.45, 7) is 3.09. The second-order valence-corrected chi connectivity index (χ2v) is 2.92. The van der Waals surface area contributed by atoms with Crippen LogP contribution in [0.3, 0.4) is 0 Å². The molecule has 3 nitrogen and oxygen atoms in total. The van der Waals surface area contributed by atoms with Crippen LogP contribution < -0.4 is 5.73 Å². The molecule has 1 heterocycles. The van der Waals surface area contributed by atoms with E-state index in [2.05, 4.69) is 6.92 Å². The summed E-state index contributed by atoms with van der Waals surface area (Å²) < 4.78 is 0. The number of rotatable bonds is 0. The monoisotopic (exact) mass is 141 g/mol. The van der Waals surface area contributed by atoms with Crippen LogP contribution in [0.2, 0.25) is 0 Å². The van der Waals surface area contributed by atoms with Crippen LogP contribution in [0.5, 0.6) is 0 Å².